The largest absolute Gasteiger partial charge is 0.465 e. The van der Waals surface area contributed by atoms with Gasteiger partial charge in [-0.25, -0.2) is 4.79 Å². The second-order valence-corrected chi connectivity index (χ2v) is 5.23. The van der Waals surface area contributed by atoms with E-state index >= 15 is 0 Å². The summed E-state index contributed by atoms with van der Waals surface area (Å²) in [4.78, 5) is 24.0. The molecule has 3 rings (SSSR count). The number of hydrogen-bond donors (Lipinski definition) is 1. The van der Waals surface area contributed by atoms with Crippen molar-refractivity contribution in [2.24, 2.45) is 0 Å². The number of carbonyl (C=O) groups excluding carboxylic acids is 2. The number of para-hydroxylation sites is 1. The summed E-state index contributed by atoms with van der Waals surface area (Å²) in [6.07, 6.45) is 0. The first kappa shape index (κ1) is 14.2. The van der Waals surface area contributed by atoms with Gasteiger partial charge in [-0.05, 0) is 41.9 Å². The molecule has 0 fully saturated rings. The molecule has 110 valence electrons. The van der Waals surface area contributed by atoms with Crippen molar-refractivity contribution in [1.82, 2.24) is 9.59 Å². The number of hydrogen-bond acceptors (Lipinski definition) is 6. The molecule has 0 aliphatic heterocycles. The first-order chi connectivity index (χ1) is 10.7. The first-order valence-electron chi connectivity index (χ1n) is 6.40. The fraction of sp³-hybridized carbons (Fsp3) is 0.0667. The van der Waals surface area contributed by atoms with Crippen LogP contribution in [-0.4, -0.2) is 28.6 Å². The summed E-state index contributed by atoms with van der Waals surface area (Å²) in [5, 5.41) is 6.65. The number of ether oxygens (including phenoxy) is 1. The summed E-state index contributed by atoms with van der Waals surface area (Å²) in [7, 11) is 1.30. The standard InChI is InChI=1S/C15H11N3O3S/c1-21-15(20)10-4-2-3-5-11(10)16-14(19)9-6-7-12-13(8-9)22-18-17-12/h2-8H,1H3,(H,16,19). The Morgan fingerprint density at radius 1 is 1.18 bits per heavy atom. The third-order valence-electron chi connectivity index (χ3n) is 3.09. The van der Waals surface area contributed by atoms with Gasteiger partial charge >= 0.3 is 5.97 Å². The van der Waals surface area contributed by atoms with E-state index < -0.39 is 5.97 Å². The van der Waals surface area contributed by atoms with E-state index in [-0.39, 0.29) is 5.91 Å². The van der Waals surface area contributed by atoms with E-state index in [0.717, 1.165) is 10.2 Å². The zero-order chi connectivity index (χ0) is 15.5. The van der Waals surface area contributed by atoms with Crippen LogP contribution in [0.3, 0.4) is 0 Å². The molecule has 2 aromatic carbocycles. The molecule has 1 heterocycles. The van der Waals surface area contributed by atoms with Gasteiger partial charge in [-0.3, -0.25) is 4.79 Å². The SMILES string of the molecule is COC(=O)c1ccccc1NC(=O)c1ccc2nnsc2c1. The van der Waals surface area contributed by atoms with E-state index in [4.69, 9.17) is 4.74 Å². The molecule has 0 aliphatic carbocycles. The van der Waals surface area contributed by atoms with Crippen molar-refractivity contribution >= 4 is 39.3 Å². The number of rotatable bonds is 3. The minimum absolute atomic E-state index is 0.305. The first-order valence-corrected chi connectivity index (χ1v) is 7.17. The van der Waals surface area contributed by atoms with Gasteiger partial charge in [0.1, 0.15) is 5.52 Å². The van der Waals surface area contributed by atoms with Gasteiger partial charge < -0.3 is 10.1 Å². The van der Waals surface area contributed by atoms with Crippen molar-refractivity contribution in [2.75, 3.05) is 12.4 Å². The molecule has 0 aliphatic rings. The molecule has 1 aromatic heterocycles. The number of nitrogens with zero attached hydrogens (tertiary/aromatic N) is 2. The number of esters is 1. The smallest absolute Gasteiger partial charge is 0.339 e. The molecule has 6 nitrogen and oxygen atoms in total. The van der Waals surface area contributed by atoms with Crippen LogP contribution in [0.5, 0.6) is 0 Å². The lowest BCUT2D eigenvalue weighted by Gasteiger charge is -2.09. The predicted octanol–water partition coefficient (Wildman–Crippen LogP) is 2.73. The van der Waals surface area contributed by atoms with E-state index in [1.165, 1.54) is 18.6 Å². The van der Waals surface area contributed by atoms with Crippen molar-refractivity contribution in [3.05, 3.63) is 53.6 Å². The van der Waals surface area contributed by atoms with Crippen LogP contribution in [0.25, 0.3) is 10.2 Å². The minimum Gasteiger partial charge on any atom is -0.465 e. The Bertz CT molecular complexity index is 860. The van der Waals surface area contributed by atoms with E-state index in [1.807, 2.05) is 0 Å². The van der Waals surface area contributed by atoms with Crippen molar-refractivity contribution < 1.29 is 14.3 Å². The van der Waals surface area contributed by atoms with E-state index in [1.54, 1.807) is 42.5 Å². The van der Waals surface area contributed by atoms with E-state index in [9.17, 15) is 9.59 Å². The highest BCUT2D eigenvalue weighted by Crippen LogP contribution is 2.20. The van der Waals surface area contributed by atoms with Crippen LogP contribution in [-0.2, 0) is 4.74 Å². The zero-order valence-corrected chi connectivity index (χ0v) is 12.4. The molecule has 22 heavy (non-hydrogen) atoms. The van der Waals surface area contributed by atoms with Gasteiger partial charge in [-0.1, -0.05) is 16.6 Å². The molecule has 0 radical (unpaired) electrons. The topological polar surface area (TPSA) is 81.2 Å². The molecule has 3 aromatic rings. The Morgan fingerprint density at radius 2 is 2.00 bits per heavy atom. The minimum atomic E-state index is -0.502. The average molecular weight is 313 g/mol. The number of fused-ring (bicyclic) bond motifs is 1. The van der Waals surface area contributed by atoms with Gasteiger partial charge in [0, 0.05) is 5.56 Å². The zero-order valence-electron chi connectivity index (χ0n) is 11.6. The number of carbonyl (C=O) groups is 2. The number of amides is 1. The highest BCUT2D eigenvalue weighted by molar-refractivity contribution is 7.12. The van der Waals surface area contributed by atoms with Crippen molar-refractivity contribution in [2.45, 2.75) is 0 Å². The quantitative estimate of drug-likeness (QED) is 0.752. The van der Waals surface area contributed by atoms with Crippen LogP contribution in [0.4, 0.5) is 5.69 Å². The molecule has 1 amide bonds. The maximum Gasteiger partial charge on any atom is 0.339 e. The Kier molecular flexibility index (Phi) is 3.80. The van der Waals surface area contributed by atoms with Crippen LogP contribution in [0.15, 0.2) is 42.5 Å². The Morgan fingerprint density at radius 3 is 2.82 bits per heavy atom. The maximum absolute atomic E-state index is 12.3. The van der Waals surface area contributed by atoms with Gasteiger partial charge in [-0.15, -0.1) is 5.10 Å². The van der Waals surface area contributed by atoms with Crippen molar-refractivity contribution in [3.63, 3.8) is 0 Å². The van der Waals surface area contributed by atoms with Crippen LogP contribution >= 0.6 is 11.5 Å². The lowest BCUT2D eigenvalue weighted by Crippen LogP contribution is -2.15. The average Bonchev–Trinajstić information content (AvgIpc) is 3.02. The summed E-state index contributed by atoms with van der Waals surface area (Å²) in [5.41, 5.74) is 1.93. The fourth-order valence-corrected chi connectivity index (χ4v) is 2.59. The van der Waals surface area contributed by atoms with Crippen LogP contribution in [0.2, 0.25) is 0 Å². The summed E-state index contributed by atoms with van der Waals surface area (Å²) in [6, 6.07) is 11.8. The van der Waals surface area contributed by atoms with Crippen LogP contribution in [0.1, 0.15) is 20.7 Å². The number of anilines is 1. The van der Waals surface area contributed by atoms with E-state index in [2.05, 4.69) is 14.9 Å². The maximum atomic E-state index is 12.3. The van der Waals surface area contributed by atoms with Crippen molar-refractivity contribution in [1.29, 1.82) is 0 Å². The monoisotopic (exact) mass is 313 g/mol. The highest BCUT2D eigenvalue weighted by atomic mass is 32.1. The summed E-state index contributed by atoms with van der Waals surface area (Å²) in [6.45, 7) is 0. The fourth-order valence-electron chi connectivity index (χ4n) is 1.99. The lowest BCUT2D eigenvalue weighted by atomic mass is 10.1. The second-order valence-electron chi connectivity index (χ2n) is 4.45. The third kappa shape index (κ3) is 2.66. The molecule has 7 heteroatoms. The number of aromatic nitrogens is 2. The molecule has 0 bridgehead atoms. The molecule has 0 unspecified atom stereocenters. The highest BCUT2D eigenvalue weighted by Gasteiger charge is 2.14. The Hall–Kier alpha value is -2.80. The van der Waals surface area contributed by atoms with Crippen LogP contribution in [0, 0.1) is 0 Å². The molecule has 0 atom stereocenters. The molecular formula is C15H11N3O3S. The second kappa shape index (κ2) is 5.90. The molecule has 0 saturated heterocycles. The molecule has 1 N–H and O–H groups in total. The number of nitrogens with one attached hydrogen (secondary N) is 1. The normalized spacial score (nSPS) is 10.4. The summed E-state index contributed by atoms with van der Waals surface area (Å²) >= 11 is 1.22. The van der Waals surface area contributed by atoms with Gasteiger partial charge in [0.15, 0.2) is 0 Å². The van der Waals surface area contributed by atoms with Crippen LogP contribution < -0.4 is 5.32 Å². The molecule has 0 spiro atoms. The molecule has 0 saturated carbocycles. The van der Waals surface area contributed by atoms with Gasteiger partial charge in [-0.2, -0.15) is 0 Å². The number of methoxy groups -OCH3 is 1. The van der Waals surface area contributed by atoms with Gasteiger partial charge in [0.2, 0.25) is 0 Å². The summed E-state index contributed by atoms with van der Waals surface area (Å²) < 4.78 is 9.37. The lowest BCUT2D eigenvalue weighted by molar-refractivity contribution is 0.0602. The van der Waals surface area contributed by atoms with Crippen molar-refractivity contribution in [3.8, 4) is 0 Å². The Balaban J connectivity index is 1.89. The molecular weight excluding hydrogens is 302 g/mol. The third-order valence-corrected chi connectivity index (χ3v) is 3.78. The number of benzene rings is 2. The predicted molar refractivity (Wildman–Crippen MR) is 83.1 cm³/mol. The summed E-state index contributed by atoms with van der Waals surface area (Å²) in [5.74, 6) is -0.815. The van der Waals surface area contributed by atoms with Gasteiger partial charge in [0.05, 0.1) is 23.1 Å². The van der Waals surface area contributed by atoms with Gasteiger partial charge in [0.25, 0.3) is 5.91 Å². The van der Waals surface area contributed by atoms with E-state index in [0.29, 0.717) is 16.8 Å². The Labute approximate surface area is 129 Å².